The van der Waals surface area contributed by atoms with Crippen LogP contribution in [0.2, 0.25) is 0 Å². The summed E-state index contributed by atoms with van der Waals surface area (Å²) in [6, 6.07) is 18.4. The Balaban J connectivity index is 1.66. The standard InChI is InChI=1S/C20H13BrN4O3S/c21-13-6-8-16-15(10-13)18(12-4-2-1-3-5-12)19(23-16)20(26)24-22-11-14-7-9-17(29-14)25(27)28/h1-11,23H,(H,24,26)/b22-11+. The van der Waals surface area contributed by atoms with Gasteiger partial charge >= 0.3 is 5.00 Å². The van der Waals surface area contributed by atoms with Gasteiger partial charge in [0.05, 0.1) is 16.0 Å². The Morgan fingerprint density at radius 2 is 1.97 bits per heavy atom. The Kier molecular flexibility index (Phi) is 5.24. The first-order valence-electron chi connectivity index (χ1n) is 8.47. The number of nitrogens with zero attached hydrogens (tertiary/aromatic N) is 2. The van der Waals surface area contributed by atoms with Crippen LogP contribution in [0.4, 0.5) is 5.00 Å². The number of amides is 1. The molecule has 4 rings (SSSR count). The minimum Gasteiger partial charge on any atom is -0.350 e. The second kappa shape index (κ2) is 7.98. The lowest BCUT2D eigenvalue weighted by molar-refractivity contribution is -0.380. The number of fused-ring (bicyclic) bond motifs is 1. The van der Waals surface area contributed by atoms with Gasteiger partial charge < -0.3 is 4.98 Å². The summed E-state index contributed by atoms with van der Waals surface area (Å²) in [5.41, 5.74) is 5.39. The van der Waals surface area contributed by atoms with E-state index >= 15 is 0 Å². The van der Waals surface area contributed by atoms with E-state index in [1.54, 1.807) is 6.07 Å². The summed E-state index contributed by atoms with van der Waals surface area (Å²) < 4.78 is 0.908. The summed E-state index contributed by atoms with van der Waals surface area (Å²) in [5.74, 6) is -0.404. The lowest BCUT2D eigenvalue weighted by Crippen LogP contribution is -2.18. The highest BCUT2D eigenvalue weighted by Gasteiger charge is 2.19. The summed E-state index contributed by atoms with van der Waals surface area (Å²) >= 11 is 4.46. The van der Waals surface area contributed by atoms with Crippen LogP contribution in [0.25, 0.3) is 22.0 Å². The van der Waals surface area contributed by atoms with Crippen LogP contribution in [0.3, 0.4) is 0 Å². The normalized spacial score (nSPS) is 11.2. The molecule has 4 aromatic rings. The number of halogens is 1. The zero-order valence-electron chi connectivity index (χ0n) is 14.8. The molecule has 0 saturated carbocycles. The van der Waals surface area contributed by atoms with Gasteiger partial charge in [0.2, 0.25) is 0 Å². The van der Waals surface area contributed by atoms with E-state index in [2.05, 4.69) is 31.4 Å². The molecular weight excluding hydrogens is 456 g/mol. The molecule has 0 bridgehead atoms. The highest BCUT2D eigenvalue weighted by atomic mass is 79.9. The van der Waals surface area contributed by atoms with Gasteiger partial charge in [0.25, 0.3) is 5.91 Å². The van der Waals surface area contributed by atoms with Gasteiger partial charge in [-0.25, -0.2) is 5.43 Å². The number of rotatable bonds is 5. The zero-order chi connectivity index (χ0) is 20.4. The van der Waals surface area contributed by atoms with Crippen molar-refractivity contribution >= 4 is 55.3 Å². The topological polar surface area (TPSA) is 100 Å². The summed E-state index contributed by atoms with van der Waals surface area (Å²) in [5, 5.41) is 15.6. The van der Waals surface area contributed by atoms with Crippen LogP contribution < -0.4 is 5.43 Å². The average molecular weight is 469 g/mol. The maximum absolute atomic E-state index is 12.8. The predicted molar refractivity (Wildman–Crippen MR) is 117 cm³/mol. The second-order valence-corrected chi connectivity index (χ2v) is 8.07. The van der Waals surface area contributed by atoms with Crippen LogP contribution in [0, 0.1) is 10.1 Å². The minimum atomic E-state index is -0.463. The summed E-state index contributed by atoms with van der Waals surface area (Å²) in [4.78, 5) is 26.9. The third-order valence-corrected chi connectivity index (χ3v) is 5.67. The molecule has 0 saturated heterocycles. The van der Waals surface area contributed by atoms with E-state index < -0.39 is 10.8 Å². The number of hydrazone groups is 1. The molecule has 0 spiro atoms. The molecule has 0 aliphatic carbocycles. The number of H-pyrrole nitrogens is 1. The highest BCUT2D eigenvalue weighted by Crippen LogP contribution is 2.34. The fourth-order valence-electron chi connectivity index (χ4n) is 2.96. The summed E-state index contributed by atoms with van der Waals surface area (Å²) in [7, 11) is 0. The van der Waals surface area contributed by atoms with Gasteiger partial charge in [0.15, 0.2) is 0 Å². The number of carbonyl (C=O) groups is 1. The van der Waals surface area contributed by atoms with Crippen LogP contribution in [0.5, 0.6) is 0 Å². The van der Waals surface area contributed by atoms with E-state index in [-0.39, 0.29) is 5.00 Å². The van der Waals surface area contributed by atoms with Crippen molar-refractivity contribution in [2.45, 2.75) is 0 Å². The van der Waals surface area contributed by atoms with Crippen LogP contribution in [-0.4, -0.2) is 22.0 Å². The van der Waals surface area contributed by atoms with E-state index in [9.17, 15) is 14.9 Å². The fraction of sp³-hybridized carbons (Fsp3) is 0. The Bertz CT molecular complexity index is 1250. The summed E-state index contributed by atoms with van der Waals surface area (Å²) in [6.45, 7) is 0. The highest BCUT2D eigenvalue weighted by molar-refractivity contribution is 9.10. The quantitative estimate of drug-likeness (QED) is 0.235. The van der Waals surface area contributed by atoms with Crippen LogP contribution >= 0.6 is 27.3 Å². The van der Waals surface area contributed by atoms with Crippen molar-refractivity contribution in [3.05, 3.63) is 85.8 Å². The Labute approximate surface area is 177 Å². The van der Waals surface area contributed by atoms with Gasteiger partial charge in [-0.15, -0.1) is 0 Å². The first-order valence-corrected chi connectivity index (χ1v) is 10.1. The largest absolute Gasteiger partial charge is 0.350 e. The van der Waals surface area contributed by atoms with Crippen molar-refractivity contribution in [1.82, 2.24) is 10.4 Å². The van der Waals surface area contributed by atoms with E-state index in [1.165, 1.54) is 12.3 Å². The van der Waals surface area contributed by atoms with Gasteiger partial charge in [-0.05, 0) is 29.8 Å². The molecular formula is C20H13BrN4O3S. The number of hydrogen-bond acceptors (Lipinski definition) is 5. The maximum Gasteiger partial charge on any atom is 0.324 e. The van der Waals surface area contributed by atoms with Crippen LogP contribution in [0.1, 0.15) is 15.4 Å². The van der Waals surface area contributed by atoms with Crippen molar-refractivity contribution < 1.29 is 9.72 Å². The van der Waals surface area contributed by atoms with Gasteiger partial charge in [-0.1, -0.05) is 57.6 Å². The summed E-state index contributed by atoms with van der Waals surface area (Å²) in [6.07, 6.45) is 1.39. The molecule has 9 heteroatoms. The Morgan fingerprint density at radius 1 is 1.17 bits per heavy atom. The first-order chi connectivity index (χ1) is 14.0. The SMILES string of the molecule is O=C(N/N=C/c1ccc([N+](=O)[O-])s1)c1[nH]c2ccc(Br)cc2c1-c1ccccc1. The second-order valence-electron chi connectivity index (χ2n) is 6.06. The van der Waals surface area contributed by atoms with Crippen molar-refractivity contribution in [1.29, 1.82) is 0 Å². The molecule has 2 aromatic heterocycles. The number of nitrogens with one attached hydrogen (secondary N) is 2. The molecule has 2 N–H and O–H groups in total. The van der Waals surface area contributed by atoms with Crippen LogP contribution in [0.15, 0.2) is 70.2 Å². The Hall–Kier alpha value is -3.30. The number of aromatic amines is 1. The van der Waals surface area contributed by atoms with Gasteiger partial charge in [-0.2, -0.15) is 5.10 Å². The van der Waals surface area contributed by atoms with E-state index in [4.69, 9.17) is 0 Å². The lowest BCUT2D eigenvalue weighted by Gasteiger charge is -2.04. The van der Waals surface area contributed by atoms with E-state index in [1.807, 2.05) is 48.5 Å². The molecule has 1 amide bonds. The average Bonchev–Trinajstić information content (AvgIpc) is 3.33. The lowest BCUT2D eigenvalue weighted by atomic mass is 10.0. The van der Waals surface area contributed by atoms with Gasteiger partial charge in [0, 0.05) is 27.0 Å². The van der Waals surface area contributed by atoms with Gasteiger partial charge in [-0.3, -0.25) is 14.9 Å². The fourth-order valence-corrected chi connectivity index (χ4v) is 4.01. The number of hydrogen-bond donors (Lipinski definition) is 2. The monoisotopic (exact) mass is 468 g/mol. The molecule has 0 aliphatic rings. The number of thiophene rings is 1. The number of benzene rings is 2. The first kappa shape index (κ1) is 19.0. The number of aromatic nitrogens is 1. The van der Waals surface area contributed by atoms with E-state index in [0.29, 0.717) is 10.6 Å². The number of nitro groups is 1. The van der Waals surface area contributed by atoms with Crippen LogP contribution in [-0.2, 0) is 0 Å². The van der Waals surface area contributed by atoms with Gasteiger partial charge in [0.1, 0.15) is 5.69 Å². The maximum atomic E-state index is 12.8. The third kappa shape index (κ3) is 3.96. The Morgan fingerprint density at radius 3 is 2.69 bits per heavy atom. The molecule has 0 fully saturated rings. The molecule has 29 heavy (non-hydrogen) atoms. The smallest absolute Gasteiger partial charge is 0.324 e. The molecule has 0 unspecified atom stereocenters. The van der Waals surface area contributed by atoms with Crippen molar-refractivity contribution in [2.24, 2.45) is 5.10 Å². The molecule has 0 radical (unpaired) electrons. The van der Waals surface area contributed by atoms with Crippen molar-refractivity contribution in [3.63, 3.8) is 0 Å². The number of carbonyl (C=O) groups excluding carboxylic acids is 1. The molecule has 7 nitrogen and oxygen atoms in total. The van der Waals surface area contributed by atoms with E-state index in [0.717, 1.165) is 37.8 Å². The molecule has 2 aromatic carbocycles. The molecule has 2 heterocycles. The van der Waals surface area contributed by atoms with Crippen molar-refractivity contribution in [3.8, 4) is 11.1 Å². The molecule has 0 aliphatic heterocycles. The predicted octanol–water partition coefficient (Wildman–Crippen LogP) is 5.33. The zero-order valence-corrected chi connectivity index (χ0v) is 17.2. The molecule has 0 atom stereocenters. The molecule has 144 valence electrons. The third-order valence-electron chi connectivity index (χ3n) is 4.20. The van der Waals surface area contributed by atoms with Crippen molar-refractivity contribution in [2.75, 3.05) is 0 Å². The minimum absolute atomic E-state index is 0.0188.